The van der Waals surface area contributed by atoms with Crippen LogP contribution in [-0.2, 0) is 16.0 Å². The number of nitrogens with one attached hydrogen (secondary N) is 1. The summed E-state index contributed by atoms with van der Waals surface area (Å²) >= 11 is 0. The standard InChI is InChI=1S/C16H15NO3.C6H6N2O2.C5H11NO2/c18-15(13-9-5-2-6-10-13)17-14(16(19)20)11-12-7-3-1-4-8-12;7-5-1-3-6(4-2-5)8(9)10;1-3(2)4(6)5(7)8/h1-10,14H,11H2,(H,17,18)(H,19,20);1-4H,7H2;3-4H,6H2,1-2H3,(H,7,8). The Labute approximate surface area is 220 Å². The van der Waals surface area contributed by atoms with Crippen LogP contribution in [0.1, 0.15) is 29.8 Å². The molecular weight excluding hydrogens is 492 g/mol. The number of anilines is 1. The van der Waals surface area contributed by atoms with E-state index >= 15 is 0 Å². The topological polar surface area (TPSA) is 199 Å². The summed E-state index contributed by atoms with van der Waals surface area (Å²) in [7, 11) is 0. The maximum Gasteiger partial charge on any atom is 0.326 e. The van der Waals surface area contributed by atoms with E-state index in [9.17, 15) is 29.6 Å². The van der Waals surface area contributed by atoms with Crippen LogP contribution in [0.5, 0.6) is 0 Å². The van der Waals surface area contributed by atoms with Crippen LogP contribution in [0.15, 0.2) is 84.9 Å². The number of carboxylic acids is 2. The lowest BCUT2D eigenvalue weighted by Gasteiger charge is -2.14. The second-order valence-electron chi connectivity index (χ2n) is 8.38. The number of carboxylic acid groups (broad SMARTS) is 2. The molecule has 0 heterocycles. The molecule has 0 spiro atoms. The van der Waals surface area contributed by atoms with Gasteiger partial charge in [0.15, 0.2) is 0 Å². The van der Waals surface area contributed by atoms with Gasteiger partial charge in [-0.05, 0) is 35.7 Å². The van der Waals surface area contributed by atoms with Gasteiger partial charge in [0.05, 0.1) is 4.92 Å². The molecule has 0 saturated heterocycles. The Morgan fingerprint density at radius 3 is 1.76 bits per heavy atom. The van der Waals surface area contributed by atoms with Crippen LogP contribution in [0.25, 0.3) is 0 Å². The van der Waals surface area contributed by atoms with E-state index in [0.29, 0.717) is 11.3 Å². The third kappa shape index (κ3) is 11.8. The summed E-state index contributed by atoms with van der Waals surface area (Å²) in [4.78, 5) is 42.9. The fourth-order valence-corrected chi connectivity index (χ4v) is 2.76. The third-order valence-electron chi connectivity index (χ3n) is 5.03. The smallest absolute Gasteiger partial charge is 0.326 e. The molecule has 3 aromatic rings. The average molecular weight is 525 g/mol. The van der Waals surface area contributed by atoms with E-state index in [-0.39, 0.29) is 23.9 Å². The Bertz CT molecular complexity index is 1170. The second-order valence-corrected chi connectivity index (χ2v) is 8.38. The number of carbonyl (C=O) groups is 3. The predicted molar refractivity (Wildman–Crippen MR) is 143 cm³/mol. The van der Waals surface area contributed by atoms with Crippen molar-refractivity contribution in [3.8, 4) is 0 Å². The number of nitro benzene ring substituents is 1. The highest BCUT2D eigenvalue weighted by atomic mass is 16.6. The molecule has 0 bridgehead atoms. The zero-order valence-corrected chi connectivity index (χ0v) is 21.1. The molecule has 3 aromatic carbocycles. The number of nitrogens with two attached hydrogens (primary N) is 2. The molecule has 0 fully saturated rings. The number of hydrogen-bond acceptors (Lipinski definition) is 7. The normalized spacial score (nSPS) is 11.5. The van der Waals surface area contributed by atoms with E-state index < -0.39 is 28.9 Å². The number of nitro groups is 1. The quantitative estimate of drug-likeness (QED) is 0.166. The zero-order chi connectivity index (χ0) is 28.7. The van der Waals surface area contributed by atoms with Crippen LogP contribution in [0, 0.1) is 16.0 Å². The lowest BCUT2D eigenvalue weighted by molar-refractivity contribution is -0.384. The monoisotopic (exact) mass is 524 g/mol. The second kappa shape index (κ2) is 16.1. The molecule has 2 unspecified atom stereocenters. The maximum absolute atomic E-state index is 12.0. The summed E-state index contributed by atoms with van der Waals surface area (Å²) in [6.45, 7) is 3.55. The number of amides is 1. The number of non-ortho nitro benzene ring substituents is 1. The Morgan fingerprint density at radius 1 is 0.868 bits per heavy atom. The van der Waals surface area contributed by atoms with Gasteiger partial charge < -0.3 is 27.0 Å². The lowest BCUT2D eigenvalue weighted by Crippen LogP contribution is -2.42. The van der Waals surface area contributed by atoms with E-state index in [0.717, 1.165) is 5.56 Å². The summed E-state index contributed by atoms with van der Waals surface area (Å²) in [6.07, 6.45) is 0.259. The number of aliphatic carboxylic acids is 2. The number of nitrogen functional groups attached to an aromatic ring is 1. The van der Waals surface area contributed by atoms with Gasteiger partial charge >= 0.3 is 11.9 Å². The Hall–Kier alpha value is -4.77. The van der Waals surface area contributed by atoms with Gasteiger partial charge in [-0.1, -0.05) is 62.4 Å². The van der Waals surface area contributed by atoms with Crippen LogP contribution in [0.4, 0.5) is 11.4 Å². The highest BCUT2D eigenvalue weighted by Gasteiger charge is 2.20. The average Bonchev–Trinajstić information content (AvgIpc) is 2.89. The van der Waals surface area contributed by atoms with E-state index in [2.05, 4.69) is 5.32 Å². The number of carbonyl (C=O) groups excluding carboxylic acids is 1. The van der Waals surface area contributed by atoms with Gasteiger partial charge in [0.2, 0.25) is 0 Å². The first kappa shape index (κ1) is 31.3. The molecule has 38 heavy (non-hydrogen) atoms. The molecule has 11 heteroatoms. The van der Waals surface area contributed by atoms with Gasteiger partial charge in [-0.25, -0.2) is 4.79 Å². The first-order valence-corrected chi connectivity index (χ1v) is 11.5. The van der Waals surface area contributed by atoms with Gasteiger partial charge in [0.1, 0.15) is 12.1 Å². The van der Waals surface area contributed by atoms with E-state index in [1.165, 1.54) is 24.3 Å². The third-order valence-corrected chi connectivity index (χ3v) is 5.03. The maximum atomic E-state index is 12.0. The lowest BCUT2D eigenvalue weighted by atomic mass is 10.1. The zero-order valence-electron chi connectivity index (χ0n) is 21.1. The minimum atomic E-state index is -1.04. The SMILES string of the molecule is CC(C)C(N)C(=O)O.Nc1ccc([N+](=O)[O-])cc1.O=C(NC(Cc1ccccc1)C(=O)O)c1ccccc1. The van der Waals surface area contributed by atoms with Gasteiger partial charge in [0.25, 0.3) is 11.6 Å². The summed E-state index contributed by atoms with van der Waals surface area (Å²) < 4.78 is 0. The van der Waals surface area contributed by atoms with Crippen molar-refractivity contribution in [3.05, 3.63) is 106 Å². The molecule has 0 aliphatic rings. The van der Waals surface area contributed by atoms with E-state index in [1.807, 2.05) is 30.3 Å². The summed E-state index contributed by atoms with van der Waals surface area (Å²) in [5.41, 5.74) is 12.4. The van der Waals surface area contributed by atoms with Crippen molar-refractivity contribution < 1.29 is 29.5 Å². The largest absolute Gasteiger partial charge is 0.480 e. The summed E-state index contributed by atoms with van der Waals surface area (Å²) in [5, 5.41) is 30.1. The molecule has 1 amide bonds. The van der Waals surface area contributed by atoms with Crippen molar-refractivity contribution in [1.82, 2.24) is 5.32 Å². The molecule has 3 rings (SSSR count). The molecule has 0 aliphatic heterocycles. The molecule has 0 radical (unpaired) electrons. The van der Waals surface area contributed by atoms with E-state index in [4.69, 9.17) is 16.6 Å². The predicted octanol–water partition coefficient (Wildman–Crippen LogP) is 3.34. The van der Waals surface area contributed by atoms with Crippen LogP contribution in [0.2, 0.25) is 0 Å². The molecule has 11 nitrogen and oxygen atoms in total. The van der Waals surface area contributed by atoms with E-state index in [1.54, 1.807) is 44.2 Å². The Kier molecular flexibility index (Phi) is 13.2. The number of rotatable bonds is 8. The summed E-state index contributed by atoms with van der Waals surface area (Å²) in [6, 6.07) is 21.9. The van der Waals surface area contributed by atoms with Crippen LogP contribution in [-0.4, -0.2) is 45.1 Å². The fourth-order valence-electron chi connectivity index (χ4n) is 2.76. The van der Waals surface area contributed by atoms with Gasteiger partial charge in [-0.3, -0.25) is 19.7 Å². The van der Waals surface area contributed by atoms with Crippen LogP contribution < -0.4 is 16.8 Å². The summed E-state index contributed by atoms with van der Waals surface area (Å²) in [5.74, 6) is -2.33. The van der Waals surface area contributed by atoms with Crippen molar-refractivity contribution in [3.63, 3.8) is 0 Å². The number of hydrogen-bond donors (Lipinski definition) is 5. The first-order chi connectivity index (χ1) is 17.9. The fraction of sp³-hybridized carbons (Fsp3) is 0.222. The van der Waals surface area contributed by atoms with Gasteiger partial charge in [-0.2, -0.15) is 0 Å². The van der Waals surface area contributed by atoms with Crippen molar-refractivity contribution >= 4 is 29.2 Å². The minimum Gasteiger partial charge on any atom is -0.480 e. The Morgan fingerprint density at radius 2 is 1.37 bits per heavy atom. The van der Waals surface area contributed by atoms with Crippen molar-refractivity contribution in [2.45, 2.75) is 32.4 Å². The molecular formula is C27H32N4O7. The molecule has 7 N–H and O–H groups in total. The Balaban J connectivity index is 0.000000334. The highest BCUT2D eigenvalue weighted by Crippen LogP contribution is 2.12. The van der Waals surface area contributed by atoms with Crippen molar-refractivity contribution in [2.24, 2.45) is 11.7 Å². The molecule has 202 valence electrons. The first-order valence-electron chi connectivity index (χ1n) is 11.5. The molecule has 2 atom stereocenters. The van der Waals surface area contributed by atoms with Gasteiger partial charge in [0, 0.05) is 29.8 Å². The van der Waals surface area contributed by atoms with Crippen molar-refractivity contribution in [2.75, 3.05) is 5.73 Å². The van der Waals surface area contributed by atoms with Crippen molar-refractivity contribution in [1.29, 1.82) is 0 Å². The van der Waals surface area contributed by atoms with Crippen LogP contribution >= 0.6 is 0 Å². The van der Waals surface area contributed by atoms with Gasteiger partial charge in [-0.15, -0.1) is 0 Å². The molecule has 0 saturated carbocycles. The molecule has 0 aromatic heterocycles. The van der Waals surface area contributed by atoms with Crippen LogP contribution in [0.3, 0.4) is 0 Å². The minimum absolute atomic E-state index is 0.0208. The number of nitrogens with zero attached hydrogens (tertiary/aromatic N) is 1. The highest BCUT2D eigenvalue weighted by molar-refractivity contribution is 5.96. The molecule has 0 aliphatic carbocycles. The number of benzene rings is 3.